The van der Waals surface area contributed by atoms with E-state index in [1.807, 2.05) is 6.08 Å². The Labute approximate surface area is 92.7 Å². The number of ether oxygens (including phenoxy) is 1. The summed E-state index contributed by atoms with van der Waals surface area (Å²) in [4.78, 5) is 10.7. The molecule has 3 nitrogen and oxygen atoms in total. The molecule has 0 radical (unpaired) electrons. The first-order chi connectivity index (χ1) is 7.24. The normalized spacial score (nSPS) is 27.3. The van der Waals surface area contributed by atoms with Crippen LogP contribution in [0.1, 0.15) is 19.3 Å². The molecular weight excluding hydrogens is 212 g/mol. The summed E-state index contributed by atoms with van der Waals surface area (Å²) >= 11 is 0. The van der Waals surface area contributed by atoms with Crippen LogP contribution in [0.3, 0.4) is 0 Å². The predicted molar refractivity (Wildman–Crippen MR) is 60.9 cm³/mol. The van der Waals surface area contributed by atoms with Gasteiger partial charge < -0.3 is 4.74 Å². The van der Waals surface area contributed by atoms with Crippen molar-refractivity contribution in [2.75, 3.05) is 12.9 Å². The van der Waals surface area contributed by atoms with Gasteiger partial charge in [0.25, 0.3) is 0 Å². The summed E-state index contributed by atoms with van der Waals surface area (Å²) in [7, 11) is 0.609. The number of rotatable bonds is 3. The smallest absolute Gasteiger partial charge is 0.330 e. The molecule has 0 N–H and O–H groups in total. The molecule has 0 spiro atoms. The van der Waals surface area contributed by atoms with E-state index in [-0.39, 0.29) is 11.2 Å². The van der Waals surface area contributed by atoms with E-state index >= 15 is 0 Å². The van der Waals surface area contributed by atoms with Crippen LogP contribution < -0.4 is 0 Å². The Kier molecular flexibility index (Phi) is 5.32. The highest BCUT2D eigenvalue weighted by molar-refractivity contribution is 7.85. The average Bonchev–Trinajstić information content (AvgIpc) is 2.26. The summed E-state index contributed by atoms with van der Waals surface area (Å²) in [6, 6.07) is 0. The van der Waals surface area contributed by atoms with Gasteiger partial charge in [-0.2, -0.15) is 0 Å². The van der Waals surface area contributed by atoms with Crippen LogP contribution in [0, 0.1) is 0 Å². The van der Waals surface area contributed by atoms with Gasteiger partial charge in [0.15, 0.2) is 0 Å². The van der Waals surface area contributed by atoms with Crippen molar-refractivity contribution in [1.29, 1.82) is 0 Å². The van der Waals surface area contributed by atoms with Crippen LogP contribution in [-0.4, -0.2) is 28.3 Å². The van der Waals surface area contributed by atoms with Gasteiger partial charge in [-0.1, -0.05) is 24.6 Å². The largest absolute Gasteiger partial charge is 0.466 e. The molecule has 0 aromatic carbocycles. The first kappa shape index (κ1) is 12.2. The van der Waals surface area contributed by atoms with E-state index in [1.54, 1.807) is 12.2 Å². The molecule has 0 unspecified atom stereocenters. The SMILES string of the molecule is COC(=O)/C=C/C=C/[C@@H]1CCCC[S@@]1=O. The van der Waals surface area contributed by atoms with Crippen molar-refractivity contribution in [3.05, 3.63) is 24.3 Å². The molecule has 1 fully saturated rings. The molecule has 1 saturated heterocycles. The highest BCUT2D eigenvalue weighted by Crippen LogP contribution is 2.16. The standard InChI is InChI=1S/C11H16O3S/c1-14-11(12)8-3-2-6-10-7-4-5-9-15(10)13/h2-3,6,8,10H,4-5,7,9H2,1H3/b6-2+,8-3+/t10-,15+/m1/s1. The number of hydrogen-bond donors (Lipinski definition) is 0. The molecule has 0 aromatic rings. The third-order valence-electron chi connectivity index (χ3n) is 2.29. The summed E-state index contributed by atoms with van der Waals surface area (Å²) in [6.45, 7) is 0. The maximum Gasteiger partial charge on any atom is 0.330 e. The molecule has 2 atom stereocenters. The molecule has 1 aliphatic heterocycles. The molecule has 4 heteroatoms. The summed E-state index contributed by atoms with van der Waals surface area (Å²) < 4.78 is 16.0. The minimum Gasteiger partial charge on any atom is -0.466 e. The summed E-state index contributed by atoms with van der Waals surface area (Å²) in [5, 5.41) is 0.154. The second-order valence-electron chi connectivity index (χ2n) is 3.39. The van der Waals surface area contributed by atoms with Gasteiger partial charge >= 0.3 is 5.97 Å². The lowest BCUT2D eigenvalue weighted by atomic mass is 10.2. The molecule has 0 saturated carbocycles. The lowest BCUT2D eigenvalue weighted by Crippen LogP contribution is -2.20. The van der Waals surface area contributed by atoms with Crippen molar-refractivity contribution in [2.24, 2.45) is 0 Å². The zero-order valence-corrected chi connectivity index (χ0v) is 9.66. The van der Waals surface area contributed by atoms with Crippen molar-refractivity contribution in [3.8, 4) is 0 Å². The van der Waals surface area contributed by atoms with Gasteiger partial charge in [-0.25, -0.2) is 4.79 Å². The molecule has 1 heterocycles. The quantitative estimate of drug-likeness (QED) is 0.418. The lowest BCUT2D eigenvalue weighted by Gasteiger charge is -2.17. The maximum absolute atomic E-state index is 11.5. The van der Waals surface area contributed by atoms with E-state index in [9.17, 15) is 9.00 Å². The first-order valence-corrected chi connectivity index (χ1v) is 6.42. The number of methoxy groups -OCH3 is 1. The number of esters is 1. The van der Waals surface area contributed by atoms with E-state index in [0.29, 0.717) is 0 Å². The van der Waals surface area contributed by atoms with Crippen LogP contribution in [-0.2, 0) is 20.3 Å². The second-order valence-corrected chi connectivity index (χ2v) is 5.16. The van der Waals surface area contributed by atoms with Gasteiger partial charge in [0.1, 0.15) is 0 Å². The van der Waals surface area contributed by atoms with Gasteiger partial charge in [-0.15, -0.1) is 0 Å². The third kappa shape index (κ3) is 4.42. The molecule has 15 heavy (non-hydrogen) atoms. The van der Waals surface area contributed by atoms with Crippen molar-refractivity contribution in [3.63, 3.8) is 0 Å². The number of carbonyl (C=O) groups excluding carboxylic acids is 1. The van der Waals surface area contributed by atoms with Crippen molar-refractivity contribution in [1.82, 2.24) is 0 Å². The Morgan fingerprint density at radius 1 is 1.40 bits per heavy atom. The van der Waals surface area contributed by atoms with Crippen LogP contribution in [0.5, 0.6) is 0 Å². The molecule has 84 valence electrons. The second kappa shape index (κ2) is 6.56. The van der Waals surface area contributed by atoms with Gasteiger partial charge in [-0.3, -0.25) is 4.21 Å². The molecule has 0 aliphatic carbocycles. The molecule has 0 amide bonds. The van der Waals surface area contributed by atoms with Gasteiger partial charge in [0.2, 0.25) is 0 Å². The van der Waals surface area contributed by atoms with Crippen LogP contribution in [0.4, 0.5) is 0 Å². The topological polar surface area (TPSA) is 43.4 Å². The molecule has 0 bridgehead atoms. The Morgan fingerprint density at radius 2 is 2.20 bits per heavy atom. The van der Waals surface area contributed by atoms with Crippen LogP contribution in [0.2, 0.25) is 0 Å². The minimum atomic E-state index is -0.731. The zero-order chi connectivity index (χ0) is 11.1. The van der Waals surface area contributed by atoms with Crippen molar-refractivity contribution < 1.29 is 13.7 Å². The van der Waals surface area contributed by atoms with Crippen molar-refractivity contribution in [2.45, 2.75) is 24.5 Å². The van der Waals surface area contributed by atoms with E-state index in [0.717, 1.165) is 25.0 Å². The van der Waals surface area contributed by atoms with Gasteiger partial charge in [-0.05, 0) is 12.8 Å². The molecular formula is C11H16O3S. The summed E-state index contributed by atoms with van der Waals surface area (Å²) in [6.07, 6.45) is 9.84. The minimum absolute atomic E-state index is 0.154. The predicted octanol–water partition coefficient (Wildman–Crippen LogP) is 1.57. The van der Waals surface area contributed by atoms with E-state index in [1.165, 1.54) is 13.2 Å². The summed E-state index contributed by atoms with van der Waals surface area (Å²) in [5.41, 5.74) is 0. The fourth-order valence-electron chi connectivity index (χ4n) is 1.45. The number of allylic oxidation sites excluding steroid dienone is 2. The van der Waals surface area contributed by atoms with Crippen molar-refractivity contribution >= 4 is 16.8 Å². The summed E-state index contributed by atoms with van der Waals surface area (Å²) in [5.74, 6) is 0.430. The van der Waals surface area contributed by atoms with Crippen LogP contribution in [0.25, 0.3) is 0 Å². The fourth-order valence-corrected chi connectivity index (χ4v) is 2.93. The molecule has 1 rings (SSSR count). The van der Waals surface area contributed by atoms with E-state index in [4.69, 9.17) is 0 Å². The van der Waals surface area contributed by atoms with Crippen LogP contribution >= 0.6 is 0 Å². The van der Waals surface area contributed by atoms with Gasteiger partial charge in [0.05, 0.1) is 12.4 Å². The van der Waals surface area contributed by atoms with E-state index < -0.39 is 10.8 Å². The van der Waals surface area contributed by atoms with E-state index in [2.05, 4.69) is 4.74 Å². The lowest BCUT2D eigenvalue weighted by molar-refractivity contribution is -0.134. The first-order valence-electron chi connectivity index (χ1n) is 5.04. The Bertz CT molecular complexity index is 294. The molecule has 0 aromatic heterocycles. The third-order valence-corrected chi connectivity index (χ3v) is 4.05. The van der Waals surface area contributed by atoms with Crippen LogP contribution in [0.15, 0.2) is 24.3 Å². The number of hydrogen-bond acceptors (Lipinski definition) is 3. The number of carbonyl (C=O) groups is 1. The highest BCUT2D eigenvalue weighted by atomic mass is 32.2. The Hall–Kier alpha value is -0.900. The maximum atomic E-state index is 11.5. The average molecular weight is 228 g/mol. The zero-order valence-electron chi connectivity index (χ0n) is 8.85. The Morgan fingerprint density at radius 3 is 2.87 bits per heavy atom. The molecule has 1 aliphatic rings. The highest BCUT2D eigenvalue weighted by Gasteiger charge is 2.17. The Balaban J connectivity index is 2.39. The fraction of sp³-hybridized carbons (Fsp3) is 0.545. The van der Waals surface area contributed by atoms with Gasteiger partial charge in [0, 0.05) is 22.6 Å². The monoisotopic (exact) mass is 228 g/mol.